The van der Waals surface area contributed by atoms with Crippen LogP contribution in [0.4, 0.5) is 0 Å². The van der Waals surface area contributed by atoms with Crippen LogP contribution in [0.25, 0.3) is 22.3 Å². The molecule has 254 valence electrons. The highest BCUT2D eigenvalue weighted by atomic mass is 35.5. The first kappa shape index (κ1) is 37.9. The lowest BCUT2D eigenvalue weighted by molar-refractivity contribution is 0.218. The Balaban J connectivity index is 2.05. The average Bonchev–Trinajstić information content (AvgIpc) is 3.10. The minimum Gasteiger partial charge on any atom is -0.489 e. The molecule has 0 aliphatic carbocycles. The molecule has 0 bridgehead atoms. The van der Waals surface area contributed by atoms with Gasteiger partial charge >= 0.3 is 0 Å². The fraction of sp³-hybridized carbons (Fsp3) is 0.550. The third-order valence-corrected chi connectivity index (χ3v) is 9.58. The molecule has 3 aromatic rings. The summed E-state index contributed by atoms with van der Waals surface area (Å²) in [4.78, 5) is 0. The first-order valence-electron chi connectivity index (χ1n) is 17.2. The highest BCUT2D eigenvalue weighted by Crippen LogP contribution is 2.40. The van der Waals surface area contributed by atoms with Crippen molar-refractivity contribution < 1.29 is 18.9 Å². The molecule has 0 amide bonds. The molecule has 0 saturated heterocycles. The van der Waals surface area contributed by atoms with Crippen molar-refractivity contribution in [2.45, 2.75) is 92.8 Å². The normalized spacial score (nSPS) is 14.0. The Morgan fingerprint density at radius 3 is 1.04 bits per heavy atom. The van der Waals surface area contributed by atoms with Gasteiger partial charge in [0.2, 0.25) is 0 Å². The number of alkyl halides is 2. The molecule has 4 nitrogen and oxygen atoms in total. The maximum absolute atomic E-state index is 6.64. The van der Waals surface area contributed by atoms with Gasteiger partial charge in [-0.3, -0.25) is 0 Å². The second kappa shape index (κ2) is 19.3. The molecule has 46 heavy (non-hydrogen) atoms. The van der Waals surface area contributed by atoms with Crippen LogP contribution < -0.4 is 18.9 Å². The highest BCUT2D eigenvalue weighted by Gasteiger charge is 2.18. The quantitative estimate of drug-likeness (QED) is 0.112. The van der Waals surface area contributed by atoms with Gasteiger partial charge < -0.3 is 18.9 Å². The van der Waals surface area contributed by atoms with Gasteiger partial charge in [0.05, 0.1) is 26.4 Å². The Labute approximate surface area is 289 Å². The Morgan fingerprint density at radius 2 is 0.761 bits per heavy atom. The van der Waals surface area contributed by atoms with Crippen LogP contribution >= 0.6 is 23.2 Å². The van der Waals surface area contributed by atoms with Crippen molar-refractivity contribution in [3.8, 4) is 45.3 Å². The summed E-state index contributed by atoms with van der Waals surface area (Å²) < 4.78 is 25.2. The summed E-state index contributed by atoms with van der Waals surface area (Å²) in [6.45, 7) is 20.1. The van der Waals surface area contributed by atoms with Crippen molar-refractivity contribution >= 4 is 23.2 Å². The van der Waals surface area contributed by atoms with Crippen LogP contribution in [0.5, 0.6) is 23.0 Å². The number of hydrogen-bond donors (Lipinski definition) is 0. The van der Waals surface area contributed by atoms with E-state index < -0.39 is 0 Å². The summed E-state index contributed by atoms with van der Waals surface area (Å²) in [5.74, 6) is 5.58. The molecule has 0 saturated carbocycles. The van der Waals surface area contributed by atoms with Crippen molar-refractivity contribution in [1.29, 1.82) is 0 Å². The van der Waals surface area contributed by atoms with E-state index in [1.54, 1.807) is 0 Å². The summed E-state index contributed by atoms with van der Waals surface area (Å²) in [6, 6.07) is 16.7. The molecule has 0 spiro atoms. The molecule has 3 aromatic carbocycles. The monoisotopic (exact) mass is 670 g/mol. The molecule has 0 heterocycles. The predicted octanol–water partition coefficient (Wildman–Crippen LogP) is 12.2. The van der Waals surface area contributed by atoms with Crippen LogP contribution in [0.15, 0.2) is 48.5 Å². The lowest BCUT2D eigenvalue weighted by atomic mass is 9.91. The summed E-state index contributed by atoms with van der Waals surface area (Å²) in [7, 11) is 0. The van der Waals surface area contributed by atoms with Crippen molar-refractivity contribution in [3.63, 3.8) is 0 Å². The van der Waals surface area contributed by atoms with Crippen LogP contribution in [0.1, 0.15) is 92.2 Å². The Kier molecular flexibility index (Phi) is 15.9. The summed E-state index contributed by atoms with van der Waals surface area (Å²) in [5, 5.41) is 0. The van der Waals surface area contributed by atoms with Gasteiger partial charge in [0, 0.05) is 11.8 Å². The molecule has 6 heteroatoms. The first-order chi connectivity index (χ1) is 22.2. The van der Waals surface area contributed by atoms with Gasteiger partial charge in [0.15, 0.2) is 23.0 Å². The van der Waals surface area contributed by atoms with Crippen LogP contribution in [-0.4, -0.2) is 26.4 Å². The molecule has 3 rings (SSSR count). The second-order valence-corrected chi connectivity index (χ2v) is 13.6. The lowest BCUT2D eigenvalue weighted by Crippen LogP contribution is -2.11. The maximum atomic E-state index is 6.64. The van der Waals surface area contributed by atoms with Crippen LogP contribution in [0.2, 0.25) is 0 Å². The van der Waals surface area contributed by atoms with Gasteiger partial charge in [-0.25, -0.2) is 0 Å². The first-order valence-corrected chi connectivity index (χ1v) is 18.3. The van der Waals surface area contributed by atoms with Gasteiger partial charge in [-0.2, -0.15) is 0 Å². The van der Waals surface area contributed by atoms with Crippen molar-refractivity contribution in [3.05, 3.63) is 59.7 Å². The standard InChI is InChI=1S/C40H56Cl2O4/c1-9-27(5)23-43-37-15-13-31(19-39(37)45-25-29(7)11-3)35-17-34(22-42)36(18-33(35)21-41)32-14-16-38(44-24-28(6)10-2)40(20-32)46-26-30(8)12-4/h13-20,27-30H,9-12,21-26H2,1-8H3. The van der Waals surface area contributed by atoms with Gasteiger partial charge in [0.25, 0.3) is 0 Å². The van der Waals surface area contributed by atoms with Crippen molar-refractivity contribution in [2.24, 2.45) is 23.7 Å². The third-order valence-electron chi connectivity index (χ3n) is 9.01. The largest absolute Gasteiger partial charge is 0.489 e. The molecule has 4 atom stereocenters. The lowest BCUT2D eigenvalue weighted by Gasteiger charge is -2.20. The minimum atomic E-state index is 0.355. The fourth-order valence-corrected chi connectivity index (χ4v) is 5.11. The van der Waals surface area contributed by atoms with E-state index in [0.717, 1.165) is 82.1 Å². The summed E-state index contributed by atoms with van der Waals surface area (Å²) >= 11 is 13.3. The highest BCUT2D eigenvalue weighted by molar-refractivity contribution is 6.18. The van der Waals surface area contributed by atoms with E-state index in [2.05, 4.69) is 91.8 Å². The van der Waals surface area contributed by atoms with E-state index in [-0.39, 0.29) is 0 Å². The molecule has 4 unspecified atom stereocenters. The molecule has 0 aromatic heterocycles. The zero-order valence-electron chi connectivity index (χ0n) is 29.4. The van der Waals surface area contributed by atoms with Gasteiger partial charge in [0.1, 0.15) is 0 Å². The Hall–Kier alpha value is -2.56. The van der Waals surface area contributed by atoms with Crippen LogP contribution in [0, 0.1) is 23.7 Å². The molecule has 0 N–H and O–H groups in total. The average molecular weight is 672 g/mol. The van der Waals surface area contributed by atoms with Crippen LogP contribution in [-0.2, 0) is 11.8 Å². The van der Waals surface area contributed by atoms with Gasteiger partial charge in [-0.15, -0.1) is 23.2 Å². The molecular weight excluding hydrogens is 615 g/mol. The second-order valence-electron chi connectivity index (χ2n) is 13.1. The number of rotatable bonds is 20. The molecule has 0 aliphatic heterocycles. The van der Waals surface area contributed by atoms with Crippen molar-refractivity contribution in [2.75, 3.05) is 26.4 Å². The van der Waals surface area contributed by atoms with E-state index in [9.17, 15) is 0 Å². The van der Waals surface area contributed by atoms with E-state index in [0.29, 0.717) is 61.9 Å². The van der Waals surface area contributed by atoms with Crippen LogP contribution in [0.3, 0.4) is 0 Å². The number of ether oxygens (including phenoxy) is 4. The van der Waals surface area contributed by atoms with E-state index >= 15 is 0 Å². The van der Waals surface area contributed by atoms with E-state index in [1.165, 1.54) is 0 Å². The zero-order chi connectivity index (χ0) is 33.6. The van der Waals surface area contributed by atoms with Crippen molar-refractivity contribution in [1.82, 2.24) is 0 Å². The van der Waals surface area contributed by atoms with Gasteiger partial charge in [-0.1, -0.05) is 93.2 Å². The topological polar surface area (TPSA) is 36.9 Å². The van der Waals surface area contributed by atoms with Gasteiger partial charge in [-0.05, 0) is 93.5 Å². The SMILES string of the molecule is CCC(C)COc1ccc(-c2cc(CCl)c(-c3ccc(OCC(C)CC)c(OCC(C)CC)c3)cc2CCl)cc1OCC(C)CC. The molecule has 0 aliphatic rings. The molecule has 0 radical (unpaired) electrons. The maximum Gasteiger partial charge on any atom is 0.161 e. The molecular formula is C40H56Cl2O4. The number of benzene rings is 3. The van der Waals surface area contributed by atoms with E-state index in [4.69, 9.17) is 42.1 Å². The van der Waals surface area contributed by atoms with E-state index in [1.807, 2.05) is 12.1 Å². The summed E-state index contributed by atoms with van der Waals surface area (Å²) in [6.07, 6.45) is 4.23. The minimum absolute atomic E-state index is 0.355. The smallest absolute Gasteiger partial charge is 0.161 e. The number of hydrogen-bond acceptors (Lipinski definition) is 4. The molecule has 0 fully saturated rings. The number of halogens is 2. The predicted molar refractivity (Wildman–Crippen MR) is 196 cm³/mol. The fourth-order valence-electron chi connectivity index (χ4n) is 4.66. The zero-order valence-corrected chi connectivity index (χ0v) is 30.9. The Bertz CT molecular complexity index is 1250. The summed E-state index contributed by atoms with van der Waals surface area (Å²) in [5.41, 5.74) is 6.16. The third kappa shape index (κ3) is 10.7. The Morgan fingerprint density at radius 1 is 0.457 bits per heavy atom.